The van der Waals surface area contributed by atoms with E-state index in [0.29, 0.717) is 41.7 Å². The Kier molecular flexibility index (Phi) is 9.49. The lowest BCUT2D eigenvalue weighted by Crippen LogP contribution is -2.44. The van der Waals surface area contributed by atoms with Crippen LogP contribution in [0.2, 0.25) is 0 Å². The molecule has 4 rings (SSSR count). The van der Waals surface area contributed by atoms with Gasteiger partial charge in [-0.25, -0.2) is 0 Å². The van der Waals surface area contributed by atoms with Crippen LogP contribution in [-0.2, 0) is 9.59 Å². The van der Waals surface area contributed by atoms with Gasteiger partial charge < -0.3 is 15.5 Å². The van der Waals surface area contributed by atoms with Crippen molar-refractivity contribution in [2.24, 2.45) is 11.3 Å². The zero-order valence-corrected chi connectivity index (χ0v) is 24.1. The van der Waals surface area contributed by atoms with Crippen molar-refractivity contribution in [1.82, 2.24) is 20.0 Å². The highest BCUT2D eigenvalue weighted by molar-refractivity contribution is 6.02. The molecule has 1 aromatic carbocycles. The zero-order chi connectivity index (χ0) is 28.0. The first-order valence-electron chi connectivity index (χ1n) is 14.6. The fraction of sp³-hybridized carbons (Fsp3) is 0.581. The molecule has 0 radical (unpaired) electrons. The van der Waals surface area contributed by atoms with Crippen molar-refractivity contribution >= 4 is 23.4 Å². The molecule has 3 aliphatic rings. The second-order valence-electron chi connectivity index (χ2n) is 11.7. The van der Waals surface area contributed by atoms with Gasteiger partial charge in [-0.15, -0.1) is 0 Å². The molecule has 1 saturated heterocycles. The average molecular weight is 536 g/mol. The van der Waals surface area contributed by atoms with Gasteiger partial charge in [0.25, 0.3) is 5.91 Å². The van der Waals surface area contributed by atoms with E-state index in [1.165, 1.54) is 0 Å². The fourth-order valence-electron chi connectivity index (χ4n) is 6.00. The summed E-state index contributed by atoms with van der Waals surface area (Å²) in [5.41, 5.74) is 1.69. The van der Waals surface area contributed by atoms with Crippen LogP contribution in [0.15, 0.2) is 48.1 Å². The van der Waals surface area contributed by atoms with Gasteiger partial charge in [-0.1, -0.05) is 45.4 Å². The maximum Gasteiger partial charge on any atom is 0.257 e. The van der Waals surface area contributed by atoms with E-state index in [0.717, 1.165) is 64.7 Å². The maximum absolute atomic E-state index is 13.4. The van der Waals surface area contributed by atoms with Crippen LogP contribution in [0.1, 0.15) is 83.0 Å². The van der Waals surface area contributed by atoms with E-state index < -0.39 is 0 Å². The van der Waals surface area contributed by atoms with Gasteiger partial charge in [-0.2, -0.15) is 0 Å². The van der Waals surface area contributed by atoms with Crippen LogP contribution in [0.3, 0.4) is 0 Å². The van der Waals surface area contributed by atoms with Gasteiger partial charge in [0.05, 0.1) is 23.5 Å². The molecule has 8 nitrogen and oxygen atoms in total. The number of nitrogens with one attached hydrogen (secondary N) is 2. The topological polar surface area (TPSA) is 85.0 Å². The van der Waals surface area contributed by atoms with Crippen molar-refractivity contribution in [1.29, 1.82) is 0 Å². The predicted octanol–water partition coefficient (Wildman–Crippen LogP) is 4.92. The lowest BCUT2D eigenvalue weighted by molar-refractivity contribution is -0.140. The standard InChI is InChI=1S/C31H45N5O3/c1-5-17-31(3,4)30(39)35(6-2)18-9-11-23-15-20-34(21-16-23)22-27(37)36-19-10-14-26-28(36)32-25-13-8-7-12-24(25)29(38)33-26/h7-8,10,12-13,19,23,32H,5-6,9,11,14-18,20-22H2,1-4H3,(H,33,38). The Balaban J connectivity index is 1.26. The largest absolute Gasteiger partial charge is 0.343 e. The van der Waals surface area contributed by atoms with E-state index >= 15 is 0 Å². The number of anilines is 1. The number of allylic oxidation sites excluding steroid dienone is 1. The lowest BCUT2D eigenvalue weighted by Gasteiger charge is -2.34. The summed E-state index contributed by atoms with van der Waals surface area (Å²) >= 11 is 0. The third kappa shape index (κ3) is 6.90. The molecule has 0 aromatic heterocycles. The Bertz CT molecular complexity index is 1120. The second-order valence-corrected chi connectivity index (χ2v) is 11.7. The number of likely N-dealkylation sites (tertiary alicyclic amines) is 1. The molecule has 8 heteroatoms. The Hall–Kier alpha value is -3.13. The molecule has 3 aliphatic heterocycles. The van der Waals surface area contributed by atoms with Crippen LogP contribution in [-0.4, -0.2) is 65.1 Å². The number of carbonyl (C=O) groups is 3. The Morgan fingerprint density at radius 3 is 2.56 bits per heavy atom. The highest BCUT2D eigenvalue weighted by Gasteiger charge is 2.31. The van der Waals surface area contributed by atoms with Gasteiger partial charge in [0.2, 0.25) is 11.8 Å². The first kappa shape index (κ1) is 28.9. The maximum atomic E-state index is 13.4. The summed E-state index contributed by atoms with van der Waals surface area (Å²) in [6.45, 7) is 12.1. The van der Waals surface area contributed by atoms with Crippen LogP contribution >= 0.6 is 0 Å². The molecule has 39 heavy (non-hydrogen) atoms. The van der Waals surface area contributed by atoms with Crippen LogP contribution in [0, 0.1) is 11.3 Å². The minimum atomic E-state index is -0.287. The first-order valence-corrected chi connectivity index (χ1v) is 14.6. The fourth-order valence-corrected chi connectivity index (χ4v) is 6.00. The smallest absolute Gasteiger partial charge is 0.257 e. The van der Waals surface area contributed by atoms with E-state index in [9.17, 15) is 14.4 Å². The number of nitrogens with zero attached hydrogens (tertiary/aromatic N) is 3. The van der Waals surface area contributed by atoms with Gasteiger partial charge in [0.1, 0.15) is 5.82 Å². The lowest BCUT2D eigenvalue weighted by atomic mass is 9.86. The number of carbonyl (C=O) groups excluding carboxylic acids is 3. The van der Waals surface area contributed by atoms with Crippen LogP contribution in [0.5, 0.6) is 0 Å². The Morgan fingerprint density at radius 1 is 1.10 bits per heavy atom. The molecule has 0 atom stereocenters. The Morgan fingerprint density at radius 2 is 1.85 bits per heavy atom. The van der Waals surface area contributed by atoms with E-state index in [-0.39, 0.29) is 23.1 Å². The van der Waals surface area contributed by atoms with Gasteiger partial charge in [0.15, 0.2) is 0 Å². The Labute approximate surface area is 233 Å². The number of para-hydroxylation sites is 1. The number of rotatable bonds is 10. The molecule has 3 amide bonds. The molecule has 0 unspecified atom stereocenters. The van der Waals surface area contributed by atoms with E-state index in [4.69, 9.17) is 0 Å². The summed E-state index contributed by atoms with van der Waals surface area (Å²) in [7, 11) is 0. The number of hydrogen-bond donors (Lipinski definition) is 2. The minimum absolute atomic E-state index is 0.00942. The SMILES string of the molecule is CCCC(C)(C)C(=O)N(CC)CCCC1CCN(CC(=O)N2C=CCC3=C2Nc2ccccc2C(=O)N3)CC1. The first-order chi connectivity index (χ1) is 18.7. The van der Waals surface area contributed by atoms with Crippen molar-refractivity contribution in [3.05, 3.63) is 53.6 Å². The normalized spacial score (nSPS) is 18.2. The molecular weight excluding hydrogens is 490 g/mol. The number of benzene rings is 1. The van der Waals surface area contributed by atoms with Crippen LogP contribution in [0.25, 0.3) is 0 Å². The van der Waals surface area contributed by atoms with E-state index in [1.54, 1.807) is 11.0 Å². The van der Waals surface area contributed by atoms with Gasteiger partial charge >= 0.3 is 0 Å². The zero-order valence-electron chi connectivity index (χ0n) is 24.1. The van der Waals surface area contributed by atoms with Gasteiger partial charge in [-0.05, 0) is 70.2 Å². The average Bonchev–Trinajstić information content (AvgIpc) is 3.07. The number of piperidine rings is 1. The molecule has 212 valence electrons. The van der Waals surface area contributed by atoms with Crippen LogP contribution < -0.4 is 10.6 Å². The highest BCUT2D eigenvalue weighted by atomic mass is 16.2. The van der Waals surface area contributed by atoms with Crippen molar-refractivity contribution in [2.45, 2.75) is 72.6 Å². The third-order valence-electron chi connectivity index (χ3n) is 8.29. The highest BCUT2D eigenvalue weighted by Crippen LogP contribution is 2.29. The summed E-state index contributed by atoms with van der Waals surface area (Å²) in [5.74, 6) is 1.37. The van der Waals surface area contributed by atoms with Crippen molar-refractivity contribution in [2.75, 3.05) is 38.0 Å². The molecule has 1 aromatic rings. The quantitative estimate of drug-likeness (QED) is 0.444. The summed E-state index contributed by atoms with van der Waals surface area (Å²) in [6, 6.07) is 7.36. The molecular formula is C31H45N5O3. The summed E-state index contributed by atoms with van der Waals surface area (Å²) < 4.78 is 0. The molecule has 0 bridgehead atoms. The minimum Gasteiger partial charge on any atom is -0.343 e. The summed E-state index contributed by atoms with van der Waals surface area (Å²) in [5, 5.41) is 6.31. The van der Waals surface area contributed by atoms with Crippen molar-refractivity contribution < 1.29 is 14.4 Å². The second kappa shape index (κ2) is 12.8. The molecule has 0 saturated carbocycles. The van der Waals surface area contributed by atoms with Crippen molar-refractivity contribution in [3.63, 3.8) is 0 Å². The number of hydrogen-bond acceptors (Lipinski definition) is 5. The van der Waals surface area contributed by atoms with E-state index in [1.807, 2.05) is 35.4 Å². The molecule has 1 fully saturated rings. The number of amides is 3. The van der Waals surface area contributed by atoms with Gasteiger partial charge in [0, 0.05) is 31.1 Å². The predicted molar refractivity (Wildman–Crippen MR) is 155 cm³/mol. The third-order valence-corrected chi connectivity index (χ3v) is 8.29. The van der Waals surface area contributed by atoms with Crippen molar-refractivity contribution in [3.8, 4) is 0 Å². The summed E-state index contributed by atoms with van der Waals surface area (Å²) in [4.78, 5) is 45.0. The molecule has 2 N–H and O–H groups in total. The number of fused-ring (bicyclic) bond motifs is 1. The monoisotopic (exact) mass is 535 g/mol. The van der Waals surface area contributed by atoms with E-state index in [2.05, 4.69) is 43.2 Å². The molecule has 3 heterocycles. The molecule has 0 aliphatic carbocycles. The molecule has 0 spiro atoms. The van der Waals surface area contributed by atoms with Crippen LogP contribution in [0.4, 0.5) is 5.69 Å². The van der Waals surface area contributed by atoms with Gasteiger partial charge in [-0.3, -0.25) is 24.2 Å². The summed E-state index contributed by atoms with van der Waals surface area (Å²) in [6.07, 6.45) is 10.5.